The van der Waals surface area contributed by atoms with Gasteiger partial charge in [0.25, 0.3) is 0 Å². The molecule has 0 rings (SSSR count). The zero-order valence-electron chi connectivity index (χ0n) is 4.66. The van der Waals surface area contributed by atoms with Crippen molar-refractivity contribution in [1.82, 2.24) is 5.48 Å². The van der Waals surface area contributed by atoms with Crippen LogP contribution in [0.15, 0.2) is 0 Å². The third kappa shape index (κ3) is 6.90. The second-order valence-corrected chi connectivity index (χ2v) is 1.25. The Morgan fingerprint density at radius 3 is 2.89 bits per heavy atom. The van der Waals surface area contributed by atoms with Gasteiger partial charge in [-0.15, -0.1) is 0 Å². The molecule has 0 heterocycles. The fraction of sp³-hybridized carbons (Fsp3) is 0.500. The highest BCUT2D eigenvalue weighted by Crippen LogP contribution is 1.73. The van der Waals surface area contributed by atoms with E-state index in [-0.39, 0.29) is 19.4 Å². The highest BCUT2D eigenvalue weighted by atomic mass is 16.7. The van der Waals surface area contributed by atoms with E-state index in [0.717, 1.165) is 0 Å². The third-order valence-electron chi connectivity index (χ3n) is 0.572. The fourth-order valence-electron chi connectivity index (χ4n) is 0.251. The molecule has 5 heteroatoms. The summed E-state index contributed by atoms with van der Waals surface area (Å²) in [7, 11) is 0. The minimum atomic E-state index is -0.933. The van der Waals surface area contributed by atoms with Crippen LogP contribution in [0, 0.1) is 0 Å². The van der Waals surface area contributed by atoms with Crippen LogP contribution < -0.4 is 5.48 Å². The Bertz CT molecular complexity index is 103. The van der Waals surface area contributed by atoms with Crippen molar-refractivity contribution >= 4 is 12.4 Å². The summed E-state index contributed by atoms with van der Waals surface area (Å²) in [6.07, 6.45) is -0.0617. The zero-order valence-corrected chi connectivity index (χ0v) is 4.66. The topological polar surface area (TPSA) is 75.6 Å². The first-order valence-electron chi connectivity index (χ1n) is 2.31. The minimum absolute atomic E-state index is 0.0617. The molecule has 0 atom stereocenters. The smallest absolute Gasteiger partial charge is 0.312 e. The molecule has 0 aliphatic rings. The summed E-state index contributed by atoms with van der Waals surface area (Å²) in [4.78, 5) is 23.2. The van der Waals surface area contributed by atoms with E-state index in [1.807, 2.05) is 0 Å². The molecule has 0 aromatic carbocycles. The molecular weight excluding hydrogens is 126 g/mol. The number of nitrogens with one attached hydrogen (secondary N) is 1. The average molecular weight is 133 g/mol. The number of carbonyl (C=O) groups is 2. The third-order valence-corrected chi connectivity index (χ3v) is 0.572. The molecular formula is C4H7NO4. The van der Waals surface area contributed by atoms with Crippen LogP contribution >= 0.6 is 0 Å². The highest BCUT2D eigenvalue weighted by molar-refractivity contribution is 5.66. The number of hydroxylamine groups is 1. The van der Waals surface area contributed by atoms with Gasteiger partial charge in [-0.25, -0.2) is 0 Å². The molecule has 9 heavy (non-hydrogen) atoms. The van der Waals surface area contributed by atoms with Gasteiger partial charge in [-0.1, -0.05) is 0 Å². The van der Waals surface area contributed by atoms with E-state index in [1.54, 1.807) is 0 Å². The molecule has 5 nitrogen and oxygen atoms in total. The first kappa shape index (κ1) is 7.90. The van der Waals surface area contributed by atoms with Gasteiger partial charge in [0, 0.05) is 6.54 Å². The van der Waals surface area contributed by atoms with Gasteiger partial charge >= 0.3 is 12.4 Å². The lowest BCUT2D eigenvalue weighted by atomic mass is 10.4. The summed E-state index contributed by atoms with van der Waals surface area (Å²) in [6, 6.07) is 0. The minimum Gasteiger partial charge on any atom is -0.481 e. The summed E-state index contributed by atoms with van der Waals surface area (Å²) >= 11 is 0. The van der Waals surface area contributed by atoms with Crippen LogP contribution in [0.5, 0.6) is 0 Å². The van der Waals surface area contributed by atoms with E-state index in [4.69, 9.17) is 5.11 Å². The molecule has 0 fully saturated rings. The zero-order chi connectivity index (χ0) is 7.11. The second-order valence-electron chi connectivity index (χ2n) is 1.25. The van der Waals surface area contributed by atoms with Crippen molar-refractivity contribution in [3.05, 3.63) is 0 Å². The van der Waals surface area contributed by atoms with Gasteiger partial charge in [0.05, 0.1) is 6.42 Å². The van der Waals surface area contributed by atoms with Crippen LogP contribution in [0.4, 0.5) is 0 Å². The Hall–Kier alpha value is -1.10. The molecule has 52 valence electrons. The second kappa shape index (κ2) is 5.04. The van der Waals surface area contributed by atoms with Crippen molar-refractivity contribution in [3.8, 4) is 0 Å². The van der Waals surface area contributed by atoms with Gasteiger partial charge in [-0.2, -0.15) is 5.48 Å². The van der Waals surface area contributed by atoms with E-state index in [9.17, 15) is 9.59 Å². The number of carbonyl (C=O) groups excluding carboxylic acids is 1. The standard InChI is InChI=1S/C4H7NO4/c6-3-9-5-2-1-4(7)8/h3,5H,1-2H2,(H,7,8). The first-order valence-corrected chi connectivity index (χ1v) is 2.31. The summed E-state index contributed by atoms with van der Waals surface area (Å²) in [5, 5.41) is 8.03. The molecule has 0 unspecified atom stereocenters. The molecule has 0 radical (unpaired) electrons. The maximum Gasteiger partial charge on any atom is 0.312 e. The number of rotatable bonds is 5. The van der Waals surface area contributed by atoms with Gasteiger partial charge in [-0.3, -0.25) is 9.59 Å². The van der Waals surface area contributed by atoms with E-state index < -0.39 is 5.97 Å². The molecule has 0 amide bonds. The molecule has 2 N–H and O–H groups in total. The molecule has 0 bridgehead atoms. The Morgan fingerprint density at radius 1 is 1.78 bits per heavy atom. The molecule has 0 aromatic heterocycles. The highest BCUT2D eigenvalue weighted by Gasteiger charge is 1.93. The van der Waals surface area contributed by atoms with Gasteiger partial charge in [0.2, 0.25) is 0 Å². The Balaban J connectivity index is 2.91. The van der Waals surface area contributed by atoms with Crippen LogP contribution in [0.1, 0.15) is 6.42 Å². The number of hydrogen-bond donors (Lipinski definition) is 2. The van der Waals surface area contributed by atoms with Gasteiger partial charge < -0.3 is 9.94 Å². The van der Waals surface area contributed by atoms with Crippen LogP contribution in [-0.2, 0) is 14.4 Å². The summed E-state index contributed by atoms with van der Waals surface area (Å²) in [5.74, 6) is -0.933. The summed E-state index contributed by atoms with van der Waals surface area (Å²) in [6.45, 7) is 0.329. The lowest BCUT2D eigenvalue weighted by Gasteiger charge is -1.95. The summed E-state index contributed by atoms with van der Waals surface area (Å²) < 4.78 is 0. The maximum atomic E-state index is 9.78. The molecule has 0 spiro atoms. The van der Waals surface area contributed by atoms with Crippen molar-refractivity contribution in [2.24, 2.45) is 0 Å². The van der Waals surface area contributed by atoms with Crippen LogP contribution in [-0.4, -0.2) is 24.1 Å². The lowest BCUT2D eigenvalue weighted by Crippen LogP contribution is -2.17. The predicted octanol–water partition coefficient (Wildman–Crippen LogP) is -0.861. The van der Waals surface area contributed by atoms with Crippen LogP contribution in [0.3, 0.4) is 0 Å². The molecule has 0 aliphatic carbocycles. The van der Waals surface area contributed by atoms with Crippen LogP contribution in [0.25, 0.3) is 0 Å². The van der Waals surface area contributed by atoms with E-state index in [2.05, 4.69) is 10.3 Å². The first-order chi connectivity index (χ1) is 4.27. The van der Waals surface area contributed by atoms with Crippen molar-refractivity contribution in [1.29, 1.82) is 0 Å². The molecule has 0 saturated carbocycles. The van der Waals surface area contributed by atoms with Gasteiger partial charge in [0.15, 0.2) is 0 Å². The van der Waals surface area contributed by atoms with Crippen LogP contribution in [0.2, 0.25) is 0 Å². The number of carboxylic acid groups (broad SMARTS) is 1. The Kier molecular flexibility index (Phi) is 4.43. The Morgan fingerprint density at radius 2 is 2.44 bits per heavy atom. The van der Waals surface area contributed by atoms with Crippen molar-refractivity contribution in [2.45, 2.75) is 6.42 Å². The van der Waals surface area contributed by atoms with Gasteiger partial charge in [-0.05, 0) is 0 Å². The number of carboxylic acids is 1. The van der Waals surface area contributed by atoms with Crippen molar-refractivity contribution in [3.63, 3.8) is 0 Å². The number of hydrogen-bond acceptors (Lipinski definition) is 4. The van der Waals surface area contributed by atoms with E-state index >= 15 is 0 Å². The molecule has 0 saturated heterocycles. The predicted molar refractivity (Wildman–Crippen MR) is 27.4 cm³/mol. The molecule has 0 aliphatic heterocycles. The lowest BCUT2D eigenvalue weighted by molar-refractivity contribution is -0.140. The maximum absolute atomic E-state index is 9.78. The summed E-state index contributed by atoms with van der Waals surface area (Å²) in [5.41, 5.74) is 2.12. The molecule has 0 aromatic rings. The number of aliphatic carboxylic acids is 1. The monoisotopic (exact) mass is 133 g/mol. The Labute approximate surface area is 51.6 Å². The largest absolute Gasteiger partial charge is 0.481 e. The SMILES string of the molecule is O=CONCCC(=O)O. The quantitative estimate of drug-likeness (QED) is 0.290. The fourth-order valence-corrected chi connectivity index (χ4v) is 0.251. The van der Waals surface area contributed by atoms with Crippen molar-refractivity contribution < 1.29 is 19.5 Å². The van der Waals surface area contributed by atoms with E-state index in [0.29, 0.717) is 0 Å². The normalized spacial score (nSPS) is 8.44. The van der Waals surface area contributed by atoms with Gasteiger partial charge in [0.1, 0.15) is 0 Å². The van der Waals surface area contributed by atoms with Crippen molar-refractivity contribution in [2.75, 3.05) is 6.54 Å². The average Bonchev–Trinajstić information content (AvgIpc) is 1.80. The van der Waals surface area contributed by atoms with E-state index in [1.165, 1.54) is 0 Å².